The van der Waals surface area contributed by atoms with Crippen LogP contribution in [0.5, 0.6) is 0 Å². The smallest absolute Gasteiger partial charge is 0.125 e. The van der Waals surface area contributed by atoms with Crippen LogP contribution in [0.3, 0.4) is 0 Å². The number of hydrogen-bond acceptors (Lipinski definition) is 3. The maximum absolute atomic E-state index is 9.75. The van der Waals surface area contributed by atoms with Crippen LogP contribution in [0.2, 0.25) is 0 Å². The van der Waals surface area contributed by atoms with Crippen LogP contribution >= 0.6 is 0 Å². The normalized spacial score (nSPS) is 17.8. The number of hydrogen-bond donors (Lipinski definition) is 2. The summed E-state index contributed by atoms with van der Waals surface area (Å²) in [5, 5.41) is 9.98. The Balaban J connectivity index is 0.000000222. The summed E-state index contributed by atoms with van der Waals surface area (Å²) in [6.45, 7) is 1.78. The van der Waals surface area contributed by atoms with Crippen LogP contribution in [-0.2, 0) is 4.79 Å². The summed E-state index contributed by atoms with van der Waals surface area (Å²) in [4.78, 5) is 9.75. The summed E-state index contributed by atoms with van der Waals surface area (Å²) < 4.78 is 0. The van der Waals surface area contributed by atoms with Gasteiger partial charge in [0.2, 0.25) is 0 Å². The summed E-state index contributed by atoms with van der Waals surface area (Å²) >= 11 is 0. The maximum Gasteiger partial charge on any atom is 0.125 e. The standard InChI is InChI=1S/C4H7NO.CH4O/c6-3-4-1-5-2-4;1-2/h3-5H,1-2H2;2H,1H3. The Labute approximate surface area is 48.7 Å². The van der Waals surface area contributed by atoms with E-state index in [1.54, 1.807) is 0 Å². The van der Waals surface area contributed by atoms with E-state index in [-0.39, 0.29) is 0 Å². The molecule has 8 heavy (non-hydrogen) atoms. The lowest BCUT2D eigenvalue weighted by Crippen LogP contribution is -2.42. The van der Waals surface area contributed by atoms with Crippen LogP contribution in [0.15, 0.2) is 0 Å². The number of aldehydes is 1. The van der Waals surface area contributed by atoms with Crippen molar-refractivity contribution in [3.8, 4) is 0 Å². The number of nitrogens with one attached hydrogen (secondary N) is 1. The molecule has 1 aliphatic heterocycles. The first-order valence-corrected chi connectivity index (χ1v) is 2.54. The second kappa shape index (κ2) is 4.74. The van der Waals surface area contributed by atoms with Gasteiger partial charge in [0.05, 0.1) is 0 Å². The molecular weight excluding hydrogens is 106 g/mol. The molecule has 1 rings (SSSR count). The van der Waals surface area contributed by atoms with Crippen LogP contribution in [0.4, 0.5) is 0 Å². The lowest BCUT2D eigenvalue weighted by atomic mass is 10.1. The lowest BCUT2D eigenvalue weighted by molar-refractivity contribution is -0.112. The lowest BCUT2D eigenvalue weighted by Gasteiger charge is -2.20. The van der Waals surface area contributed by atoms with Gasteiger partial charge in [-0.3, -0.25) is 0 Å². The second-order valence-electron chi connectivity index (χ2n) is 1.55. The van der Waals surface area contributed by atoms with E-state index >= 15 is 0 Å². The average molecular weight is 117 g/mol. The van der Waals surface area contributed by atoms with Crippen LogP contribution in [-0.4, -0.2) is 31.6 Å². The first-order valence-electron chi connectivity index (χ1n) is 2.54. The van der Waals surface area contributed by atoms with Crippen LogP contribution < -0.4 is 5.32 Å². The van der Waals surface area contributed by atoms with Gasteiger partial charge in [0.1, 0.15) is 6.29 Å². The maximum atomic E-state index is 9.75. The van der Waals surface area contributed by atoms with Crippen molar-refractivity contribution in [3.63, 3.8) is 0 Å². The molecule has 1 fully saturated rings. The fourth-order valence-electron chi connectivity index (χ4n) is 0.407. The van der Waals surface area contributed by atoms with Gasteiger partial charge in [0.25, 0.3) is 0 Å². The highest BCUT2D eigenvalue weighted by Crippen LogP contribution is 1.94. The Kier molecular flexibility index (Phi) is 4.50. The van der Waals surface area contributed by atoms with E-state index in [1.165, 1.54) is 0 Å². The Hall–Kier alpha value is -0.410. The molecule has 0 radical (unpaired) electrons. The van der Waals surface area contributed by atoms with Crippen molar-refractivity contribution in [2.75, 3.05) is 20.2 Å². The third-order valence-electron chi connectivity index (χ3n) is 1.01. The van der Waals surface area contributed by atoms with E-state index in [0.29, 0.717) is 5.92 Å². The molecule has 0 saturated carbocycles. The molecule has 0 amide bonds. The van der Waals surface area contributed by atoms with Crippen molar-refractivity contribution in [3.05, 3.63) is 0 Å². The van der Waals surface area contributed by atoms with Gasteiger partial charge in [-0.05, 0) is 0 Å². The Bertz CT molecular complexity index is 61.4. The first-order chi connectivity index (χ1) is 3.93. The van der Waals surface area contributed by atoms with E-state index in [4.69, 9.17) is 5.11 Å². The third-order valence-corrected chi connectivity index (χ3v) is 1.01. The molecule has 0 atom stereocenters. The Morgan fingerprint density at radius 3 is 2.12 bits per heavy atom. The average Bonchev–Trinajstić information content (AvgIpc) is 1.69. The highest BCUT2D eigenvalue weighted by atomic mass is 16.2. The van der Waals surface area contributed by atoms with Gasteiger partial charge in [-0.25, -0.2) is 0 Å². The number of carbonyl (C=O) groups excluding carboxylic acids is 1. The van der Waals surface area contributed by atoms with Gasteiger partial charge in [-0.2, -0.15) is 0 Å². The van der Waals surface area contributed by atoms with E-state index in [2.05, 4.69) is 5.32 Å². The highest BCUT2D eigenvalue weighted by Gasteiger charge is 2.13. The van der Waals surface area contributed by atoms with Gasteiger partial charge in [0.15, 0.2) is 0 Å². The molecule has 0 spiro atoms. The van der Waals surface area contributed by atoms with Crippen molar-refractivity contribution < 1.29 is 9.90 Å². The SMILES string of the molecule is CO.O=CC1CNC1. The minimum Gasteiger partial charge on any atom is -0.400 e. The van der Waals surface area contributed by atoms with Crippen molar-refractivity contribution in [1.82, 2.24) is 5.32 Å². The van der Waals surface area contributed by atoms with Gasteiger partial charge < -0.3 is 15.2 Å². The van der Waals surface area contributed by atoms with Crippen LogP contribution in [0, 0.1) is 5.92 Å². The summed E-state index contributed by atoms with van der Waals surface area (Å²) in [7, 11) is 1.00. The fourth-order valence-corrected chi connectivity index (χ4v) is 0.407. The quantitative estimate of drug-likeness (QED) is 0.434. The summed E-state index contributed by atoms with van der Waals surface area (Å²) in [5.41, 5.74) is 0. The van der Waals surface area contributed by atoms with Gasteiger partial charge >= 0.3 is 0 Å². The number of rotatable bonds is 1. The molecule has 0 aromatic carbocycles. The van der Waals surface area contributed by atoms with Crippen LogP contribution in [0.25, 0.3) is 0 Å². The molecule has 2 N–H and O–H groups in total. The van der Waals surface area contributed by atoms with Crippen LogP contribution in [0.1, 0.15) is 0 Å². The van der Waals surface area contributed by atoms with E-state index in [9.17, 15) is 4.79 Å². The molecule has 0 aromatic heterocycles. The zero-order valence-electron chi connectivity index (χ0n) is 4.92. The Morgan fingerprint density at radius 2 is 2.12 bits per heavy atom. The minimum absolute atomic E-state index is 0.324. The largest absolute Gasteiger partial charge is 0.400 e. The number of aliphatic hydroxyl groups is 1. The highest BCUT2D eigenvalue weighted by molar-refractivity contribution is 5.55. The number of carbonyl (C=O) groups is 1. The molecule has 0 unspecified atom stereocenters. The van der Waals surface area contributed by atoms with E-state index in [0.717, 1.165) is 26.5 Å². The molecule has 48 valence electrons. The molecule has 0 bridgehead atoms. The van der Waals surface area contributed by atoms with Gasteiger partial charge in [-0.15, -0.1) is 0 Å². The molecule has 3 heteroatoms. The second-order valence-corrected chi connectivity index (χ2v) is 1.55. The third kappa shape index (κ3) is 2.04. The molecule has 1 aliphatic rings. The van der Waals surface area contributed by atoms with Crippen molar-refractivity contribution >= 4 is 6.29 Å². The predicted molar refractivity (Wildman–Crippen MR) is 30.6 cm³/mol. The summed E-state index contributed by atoms with van der Waals surface area (Å²) in [5.74, 6) is 0.324. The van der Waals surface area contributed by atoms with Crippen molar-refractivity contribution in [2.24, 2.45) is 5.92 Å². The molecule has 0 aliphatic carbocycles. The van der Waals surface area contributed by atoms with Crippen molar-refractivity contribution in [1.29, 1.82) is 0 Å². The predicted octanol–water partition coefficient (Wildman–Crippen LogP) is -0.987. The summed E-state index contributed by atoms with van der Waals surface area (Å²) in [6.07, 6.45) is 0.997. The molecule has 1 saturated heterocycles. The topological polar surface area (TPSA) is 49.3 Å². The number of aliphatic hydroxyl groups excluding tert-OH is 1. The monoisotopic (exact) mass is 117 g/mol. The van der Waals surface area contributed by atoms with Gasteiger partial charge in [0, 0.05) is 26.1 Å². The minimum atomic E-state index is 0.324. The molecular formula is C5H11NO2. The first kappa shape index (κ1) is 7.59. The van der Waals surface area contributed by atoms with E-state index in [1.807, 2.05) is 0 Å². The zero-order chi connectivity index (χ0) is 6.41. The molecule has 3 nitrogen and oxygen atoms in total. The van der Waals surface area contributed by atoms with Crippen molar-refractivity contribution in [2.45, 2.75) is 0 Å². The molecule has 0 aromatic rings. The summed E-state index contributed by atoms with van der Waals surface area (Å²) in [6, 6.07) is 0. The molecule has 1 heterocycles. The van der Waals surface area contributed by atoms with Gasteiger partial charge in [-0.1, -0.05) is 0 Å². The zero-order valence-corrected chi connectivity index (χ0v) is 4.92. The fraction of sp³-hybridized carbons (Fsp3) is 0.800. The van der Waals surface area contributed by atoms with E-state index < -0.39 is 0 Å². The Morgan fingerprint density at radius 1 is 1.62 bits per heavy atom.